The number of hydrogen-bond donors (Lipinski definition) is 0. The van der Waals surface area contributed by atoms with E-state index in [2.05, 4.69) is 31.4 Å². The van der Waals surface area contributed by atoms with E-state index in [0.29, 0.717) is 0 Å². The fraction of sp³-hybridized carbons (Fsp3) is 0.818. The second-order valence-corrected chi connectivity index (χ2v) is 10.2. The summed E-state index contributed by atoms with van der Waals surface area (Å²) in [7, 11) is -0.922. The SMILES string of the molecule is C[Si](C)(C)/C=C\C1CCCCC1. The molecule has 12 heavy (non-hydrogen) atoms. The van der Waals surface area contributed by atoms with Crippen molar-refractivity contribution in [1.82, 2.24) is 0 Å². The lowest BCUT2D eigenvalue weighted by Gasteiger charge is -2.19. The smallest absolute Gasteiger partial charge is 0.0682 e. The van der Waals surface area contributed by atoms with E-state index in [4.69, 9.17) is 0 Å². The molecule has 0 saturated heterocycles. The van der Waals surface area contributed by atoms with Crippen molar-refractivity contribution in [2.75, 3.05) is 0 Å². The maximum atomic E-state index is 2.52. The van der Waals surface area contributed by atoms with E-state index in [-0.39, 0.29) is 0 Å². The van der Waals surface area contributed by atoms with Gasteiger partial charge in [-0.2, -0.15) is 0 Å². The first-order valence-corrected chi connectivity index (χ1v) is 8.85. The van der Waals surface area contributed by atoms with Gasteiger partial charge in [0.25, 0.3) is 0 Å². The van der Waals surface area contributed by atoms with Crippen LogP contribution in [0.1, 0.15) is 32.1 Å². The molecule has 1 aliphatic rings. The monoisotopic (exact) mass is 182 g/mol. The average molecular weight is 182 g/mol. The van der Waals surface area contributed by atoms with Crippen molar-refractivity contribution in [2.24, 2.45) is 5.92 Å². The lowest BCUT2D eigenvalue weighted by molar-refractivity contribution is 0.419. The molecule has 0 aliphatic heterocycles. The first kappa shape index (κ1) is 10.0. The van der Waals surface area contributed by atoms with Gasteiger partial charge in [-0.15, -0.1) is 0 Å². The molecular weight excluding hydrogens is 160 g/mol. The van der Waals surface area contributed by atoms with Crippen molar-refractivity contribution < 1.29 is 0 Å². The zero-order chi connectivity index (χ0) is 9.03. The van der Waals surface area contributed by atoms with E-state index in [9.17, 15) is 0 Å². The van der Waals surface area contributed by atoms with Crippen LogP contribution in [0, 0.1) is 5.92 Å². The van der Waals surface area contributed by atoms with E-state index in [1.54, 1.807) is 0 Å². The molecule has 0 atom stereocenters. The second-order valence-electron chi connectivity index (χ2n) is 5.12. The summed E-state index contributed by atoms with van der Waals surface area (Å²) in [5.74, 6) is 0.922. The summed E-state index contributed by atoms with van der Waals surface area (Å²) in [5.41, 5.74) is 2.52. The number of rotatable bonds is 2. The molecule has 0 heterocycles. The predicted octanol–water partition coefficient (Wildman–Crippen LogP) is 4.00. The van der Waals surface area contributed by atoms with Crippen molar-refractivity contribution in [3.05, 3.63) is 11.8 Å². The van der Waals surface area contributed by atoms with E-state index in [1.165, 1.54) is 32.1 Å². The zero-order valence-corrected chi connectivity index (χ0v) is 9.77. The van der Waals surface area contributed by atoms with Crippen LogP contribution in [0.5, 0.6) is 0 Å². The molecular formula is C11H22Si. The Labute approximate surface area is 78.1 Å². The van der Waals surface area contributed by atoms with Crippen LogP contribution >= 0.6 is 0 Å². The first-order chi connectivity index (χ1) is 5.58. The third-order valence-corrected chi connectivity index (χ3v) is 3.71. The van der Waals surface area contributed by atoms with Crippen molar-refractivity contribution in [2.45, 2.75) is 51.7 Å². The Balaban J connectivity index is 2.33. The van der Waals surface area contributed by atoms with E-state index >= 15 is 0 Å². The molecule has 0 spiro atoms. The molecule has 0 aromatic carbocycles. The lowest BCUT2D eigenvalue weighted by atomic mass is 9.90. The molecule has 0 aromatic rings. The summed E-state index contributed by atoms with van der Waals surface area (Å²) in [5, 5.41) is 0. The van der Waals surface area contributed by atoms with Gasteiger partial charge in [0.05, 0.1) is 8.07 Å². The molecule has 0 bridgehead atoms. The van der Waals surface area contributed by atoms with Gasteiger partial charge in [0.2, 0.25) is 0 Å². The highest BCUT2D eigenvalue weighted by molar-refractivity contribution is 6.80. The number of hydrogen-bond acceptors (Lipinski definition) is 0. The minimum atomic E-state index is -0.922. The Morgan fingerprint density at radius 1 is 1.00 bits per heavy atom. The summed E-state index contributed by atoms with van der Waals surface area (Å²) in [6, 6.07) is 0. The Morgan fingerprint density at radius 2 is 1.58 bits per heavy atom. The van der Waals surface area contributed by atoms with Gasteiger partial charge in [0, 0.05) is 0 Å². The van der Waals surface area contributed by atoms with Crippen molar-refractivity contribution >= 4 is 8.07 Å². The van der Waals surface area contributed by atoms with Crippen molar-refractivity contribution in [3.63, 3.8) is 0 Å². The fourth-order valence-corrected chi connectivity index (χ4v) is 2.60. The Bertz CT molecular complexity index is 147. The maximum absolute atomic E-state index is 2.52. The molecule has 1 saturated carbocycles. The average Bonchev–Trinajstić information content (AvgIpc) is 2.02. The fourth-order valence-electron chi connectivity index (χ4n) is 1.75. The van der Waals surface area contributed by atoms with Crippen LogP contribution in [-0.2, 0) is 0 Å². The van der Waals surface area contributed by atoms with Crippen LogP contribution in [-0.4, -0.2) is 8.07 Å². The molecule has 0 amide bonds. The third kappa shape index (κ3) is 4.10. The molecule has 0 aromatic heterocycles. The second kappa shape index (κ2) is 4.27. The highest BCUT2D eigenvalue weighted by Crippen LogP contribution is 2.25. The number of allylic oxidation sites excluding steroid dienone is 1. The summed E-state index contributed by atoms with van der Waals surface area (Å²) >= 11 is 0. The van der Waals surface area contributed by atoms with Crippen LogP contribution in [0.3, 0.4) is 0 Å². The van der Waals surface area contributed by atoms with E-state index in [1.807, 2.05) is 0 Å². The van der Waals surface area contributed by atoms with Crippen LogP contribution in [0.25, 0.3) is 0 Å². The van der Waals surface area contributed by atoms with Gasteiger partial charge in [-0.05, 0) is 18.8 Å². The summed E-state index contributed by atoms with van der Waals surface area (Å²) in [6.45, 7) is 7.23. The third-order valence-electron chi connectivity index (χ3n) is 2.52. The van der Waals surface area contributed by atoms with Gasteiger partial charge in [0.15, 0.2) is 0 Å². The minimum Gasteiger partial charge on any atom is -0.0986 e. The van der Waals surface area contributed by atoms with Crippen LogP contribution in [0.4, 0.5) is 0 Å². The van der Waals surface area contributed by atoms with Crippen molar-refractivity contribution in [1.29, 1.82) is 0 Å². The van der Waals surface area contributed by atoms with Crippen LogP contribution < -0.4 is 0 Å². The highest BCUT2D eigenvalue weighted by Gasteiger charge is 2.12. The molecule has 70 valence electrons. The van der Waals surface area contributed by atoms with Gasteiger partial charge in [-0.3, -0.25) is 0 Å². The lowest BCUT2D eigenvalue weighted by Crippen LogP contribution is -2.16. The van der Waals surface area contributed by atoms with Gasteiger partial charge in [0.1, 0.15) is 0 Å². The molecule has 1 heteroatoms. The normalized spacial score (nSPS) is 21.9. The molecule has 0 N–H and O–H groups in total. The quantitative estimate of drug-likeness (QED) is 0.566. The minimum absolute atomic E-state index is 0.922. The zero-order valence-electron chi connectivity index (χ0n) is 8.77. The molecule has 1 rings (SSSR count). The van der Waals surface area contributed by atoms with Crippen LogP contribution in [0.2, 0.25) is 19.6 Å². The topological polar surface area (TPSA) is 0 Å². The predicted molar refractivity (Wildman–Crippen MR) is 59.1 cm³/mol. The summed E-state index contributed by atoms with van der Waals surface area (Å²) in [6.07, 6.45) is 9.78. The maximum Gasteiger partial charge on any atom is 0.0682 e. The molecule has 1 aliphatic carbocycles. The molecule has 1 fully saturated rings. The van der Waals surface area contributed by atoms with Crippen LogP contribution in [0.15, 0.2) is 11.8 Å². The molecule has 0 radical (unpaired) electrons. The summed E-state index contributed by atoms with van der Waals surface area (Å²) in [4.78, 5) is 0. The van der Waals surface area contributed by atoms with Gasteiger partial charge in [-0.25, -0.2) is 0 Å². The van der Waals surface area contributed by atoms with Crippen molar-refractivity contribution in [3.8, 4) is 0 Å². The highest BCUT2D eigenvalue weighted by atomic mass is 28.3. The Hall–Kier alpha value is -0.0431. The van der Waals surface area contributed by atoms with E-state index in [0.717, 1.165) is 5.92 Å². The van der Waals surface area contributed by atoms with Gasteiger partial charge in [-0.1, -0.05) is 50.7 Å². The standard InChI is InChI=1S/C11H22Si/c1-12(2,3)10-9-11-7-5-4-6-8-11/h9-11H,4-8H2,1-3H3/b10-9-. The van der Waals surface area contributed by atoms with Gasteiger partial charge >= 0.3 is 0 Å². The Morgan fingerprint density at radius 3 is 2.08 bits per heavy atom. The summed E-state index contributed by atoms with van der Waals surface area (Å²) < 4.78 is 0. The Kier molecular flexibility index (Phi) is 3.57. The largest absolute Gasteiger partial charge is 0.0986 e. The van der Waals surface area contributed by atoms with E-state index < -0.39 is 8.07 Å². The first-order valence-electron chi connectivity index (χ1n) is 5.27. The van der Waals surface area contributed by atoms with Gasteiger partial charge < -0.3 is 0 Å². The molecule has 0 unspecified atom stereocenters. The molecule has 0 nitrogen and oxygen atoms in total.